The smallest absolute Gasteiger partial charge is 0.299 e. The minimum atomic E-state index is -4.67. The number of nitro benzene ring substituents is 1. The summed E-state index contributed by atoms with van der Waals surface area (Å²) in [4.78, 5) is 19.6. The maximum Gasteiger partial charge on any atom is 0.416 e. The highest BCUT2D eigenvalue weighted by atomic mass is 19.4. The molecular formula is C10H6F3NO3. The number of hydrogen-bond acceptors (Lipinski definition) is 3. The van der Waals surface area contributed by atoms with Gasteiger partial charge in [0.15, 0.2) is 0 Å². The molecule has 0 amide bonds. The average molecular weight is 245 g/mol. The maximum atomic E-state index is 12.4. The molecule has 1 aromatic carbocycles. The van der Waals surface area contributed by atoms with Gasteiger partial charge in [0.25, 0.3) is 5.69 Å². The van der Waals surface area contributed by atoms with Crippen molar-refractivity contribution in [1.82, 2.24) is 0 Å². The van der Waals surface area contributed by atoms with E-state index in [0.717, 1.165) is 24.3 Å². The second-order valence-corrected chi connectivity index (χ2v) is 3.06. The van der Waals surface area contributed by atoms with Gasteiger partial charge in [-0.3, -0.25) is 14.9 Å². The molecule has 0 aromatic heterocycles. The Bertz CT molecular complexity index is 480. The molecule has 0 saturated heterocycles. The van der Waals surface area contributed by atoms with Crippen molar-refractivity contribution in [2.24, 2.45) is 0 Å². The SMILES string of the molecule is O=CC=Cc1cc([N+](=O)[O-])cc(C(F)(F)F)c1. The van der Waals surface area contributed by atoms with Gasteiger partial charge in [-0.15, -0.1) is 0 Å². The molecule has 0 unspecified atom stereocenters. The number of rotatable bonds is 3. The molecule has 90 valence electrons. The summed E-state index contributed by atoms with van der Waals surface area (Å²) < 4.78 is 37.3. The van der Waals surface area contributed by atoms with Crippen molar-refractivity contribution >= 4 is 18.0 Å². The zero-order chi connectivity index (χ0) is 13.1. The second-order valence-electron chi connectivity index (χ2n) is 3.06. The topological polar surface area (TPSA) is 60.2 Å². The zero-order valence-electron chi connectivity index (χ0n) is 8.27. The summed E-state index contributed by atoms with van der Waals surface area (Å²) in [6, 6.07) is 2.13. The van der Waals surface area contributed by atoms with Crippen LogP contribution in [0.2, 0.25) is 0 Å². The first kappa shape index (κ1) is 12.9. The van der Waals surface area contributed by atoms with E-state index >= 15 is 0 Å². The van der Waals surface area contributed by atoms with Gasteiger partial charge in [0, 0.05) is 12.1 Å². The number of allylic oxidation sites excluding steroid dienone is 1. The third kappa shape index (κ3) is 3.40. The molecule has 0 bridgehead atoms. The zero-order valence-corrected chi connectivity index (χ0v) is 8.27. The Morgan fingerprint density at radius 3 is 2.35 bits per heavy atom. The largest absolute Gasteiger partial charge is 0.416 e. The number of non-ortho nitro benzene ring substituents is 1. The lowest BCUT2D eigenvalue weighted by Gasteiger charge is -2.07. The van der Waals surface area contributed by atoms with Gasteiger partial charge in [-0.05, 0) is 17.7 Å². The molecule has 0 saturated carbocycles. The fraction of sp³-hybridized carbons (Fsp3) is 0.100. The van der Waals surface area contributed by atoms with Crippen molar-refractivity contribution in [2.45, 2.75) is 6.18 Å². The minimum Gasteiger partial charge on any atom is -0.299 e. The number of benzene rings is 1. The van der Waals surface area contributed by atoms with Crippen LogP contribution in [0.15, 0.2) is 24.3 Å². The maximum absolute atomic E-state index is 12.4. The van der Waals surface area contributed by atoms with Gasteiger partial charge >= 0.3 is 6.18 Å². The van der Waals surface area contributed by atoms with Gasteiger partial charge in [-0.2, -0.15) is 13.2 Å². The molecule has 4 nitrogen and oxygen atoms in total. The van der Waals surface area contributed by atoms with Crippen molar-refractivity contribution in [3.05, 3.63) is 45.5 Å². The van der Waals surface area contributed by atoms with Crippen molar-refractivity contribution in [3.8, 4) is 0 Å². The fourth-order valence-electron chi connectivity index (χ4n) is 1.15. The van der Waals surface area contributed by atoms with Crippen LogP contribution in [-0.4, -0.2) is 11.2 Å². The van der Waals surface area contributed by atoms with Crippen LogP contribution in [0, 0.1) is 10.1 Å². The monoisotopic (exact) mass is 245 g/mol. The molecule has 1 aromatic rings. The summed E-state index contributed by atoms with van der Waals surface area (Å²) in [7, 11) is 0. The molecule has 0 radical (unpaired) electrons. The van der Waals surface area contributed by atoms with Crippen molar-refractivity contribution < 1.29 is 22.9 Å². The van der Waals surface area contributed by atoms with E-state index in [1.807, 2.05) is 0 Å². The van der Waals surface area contributed by atoms with Gasteiger partial charge in [-0.1, -0.05) is 6.08 Å². The number of halogens is 3. The molecule has 0 aliphatic heterocycles. The van der Waals surface area contributed by atoms with Gasteiger partial charge in [0.05, 0.1) is 10.5 Å². The Morgan fingerprint density at radius 2 is 1.88 bits per heavy atom. The Morgan fingerprint density at radius 1 is 1.24 bits per heavy atom. The molecule has 1 rings (SSSR count). The van der Waals surface area contributed by atoms with E-state index in [1.165, 1.54) is 0 Å². The number of aldehydes is 1. The summed E-state index contributed by atoms with van der Waals surface area (Å²) >= 11 is 0. The molecule has 0 N–H and O–H groups in total. The third-order valence-electron chi connectivity index (χ3n) is 1.85. The standard InChI is InChI=1S/C10H6F3NO3/c11-10(12,13)8-4-7(2-1-3-15)5-9(6-8)14(16)17/h1-6H. The summed E-state index contributed by atoms with van der Waals surface area (Å²) in [6.45, 7) is 0. The summed E-state index contributed by atoms with van der Waals surface area (Å²) in [5, 5.41) is 10.5. The van der Waals surface area contributed by atoms with Crippen LogP contribution in [0.3, 0.4) is 0 Å². The van der Waals surface area contributed by atoms with Gasteiger partial charge in [0.2, 0.25) is 0 Å². The van der Waals surface area contributed by atoms with E-state index in [4.69, 9.17) is 0 Å². The average Bonchev–Trinajstić information content (AvgIpc) is 2.24. The number of carbonyl (C=O) groups is 1. The van der Waals surface area contributed by atoms with E-state index in [2.05, 4.69) is 0 Å². The quantitative estimate of drug-likeness (QED) is 0.356. The lowest BCUT2D eigenvalue weighted by atomic mass is 10.1. The Kier molecular flexibility index (Phi) is 3.62. The van der Waals surface area contributed by atoms with Crippen LogP contribution < -0.4 is 0 Å². The van der Waals surface area contributed by atoms with E-state index in [1.54, 1.807) is 0 Å². The minimum absolute atomic E-state index is 0.0568. The van der Waals surface area contributed by atoms with Crippen LogP contribution in [0.1, 0.15) is 11.1 Å². The predicted octanol–water partition coefficient (Wildman–Crippen LogP) is 2.83. The predicted molar refractivity (Wildman–Crippen MR) is 53.2 cm³/mol. The molecule has 7 heteroatoms. The highest BCUT2D eigenvalue weighted by molar-refractivity contribution is 5.74. The third-order valence-corrected chi connectivity index (χ3v) is 1.85. The molecule has 0 aliphatic rings. The fourth-order valence-corrected chi connectivity index (χ4v) is 1.15. The van der Waals surface area contributed by atoms with Crippen LogP contribution in [0.5, 0.6) is 0 Å². The molecule has 0 aliphatic carbocycles. The van der Waals surface area contributed by atoms with Crippen molar-refractivity contribution in [3.63, 3.8) is 0 Å². The molecule has 17 heavy (non-hydrogen) atoms. The van der Waals surface area contributed by atoms with Gasteiger partial charge in [0.1, 0.15) is 6.29 Å². The Hall–Kier alpha value is -2.18. The summed E-state index contributed by atoms with van der Waals surface area (Å²) in [5.74, 6) is 0. The van der Waals surface area contributed by atoms with Crippen LogP contribution in [0.25, 0.3) is 6.08 Å². The van der Waals surface area contributed by atoms with Gasteiger partial charge in [-0.25, -0.2) is 0 Å². The van der Waals surface area contributed by atoms with Crippen LogP contribution in [-0.2, 0) is 11.0 Å². The molecular weight excluding hydrogens is 239 g/mol. The van der Waals surface area contributed by atoms with E-state index < -0.39 is 22.4 Å². The van der Waals surface area contributed by atoms with Crippen molar-refractivity contribution in [1.29, 1.82) is 0 Å². The first-order chi connectivity index (χ1) is 7.84. The number of alkyl halides is 3. The Balaban J connectivity index is 3.33. The van der Waals surface area contributed by atoms with E-state index in [-0.39, 0.29) is 5.56 Å². The second kappa shape index (κ2) is 4.77. The number of carbonyl (C=O) groups excluding carboxylic acids is 1. The van der Waals surface area contributed by atoms with E-state index in [0.29, 0.717) is 12.4 Å². The Labute approximate surface area is 93.5 Å². The molecule has 0 spiro atoms. The number of hydrogen-bond donors (Lipinski definition) is 0. The van der Waals surface area contributed by atoms with Gasteiger partial charge < -0.3 is 0 Å². The van der Waals surface area contributed by atoms with Crippen molar-refractivity contribution in [2.75, 3.05) is 0 Å². The molecule has 0 atom stereocenters. The molecule has 0 heterocycles. The first-order valence-corrected chi connectivity index (χ1v) is 4.33. The highest BCUT2D eigenvalue weighted by Crippen LogP contribution is 2.32. The van der Waals surface area contributed by atoms with Crippen LogP contribution >= 0.6 is 0 Å². The normalized spacial score (nSPS) is 11.7. The van der Waals surface area contributed by atoms with Crippen LogP contribution in [0.4, 0.5) is 18.9 Å². The first-order valence-electron chi connectivity index (χ1n) is 4.33. The summed E-state index contributed by atoms with van der Waals surface area (Å²) in [5.41, 5.74) is -1.86. The van der Waals surface area contributed by atoms with E-state index in [9.17, 15) is 28.1 Å². The number of nitrogens with zero attached hydrogens (tertiary/aromatic N) is 1. The summed E-state index contributed by atoms with van der Waals surface area (Å²) in [6.07, 6.45) is -2.28. The molecule has 0 fully saturated rings. The number of nitro groups is 1. The lowest BCUT2D eigenvalue weighted by molar-refractivity contribution is -0.385. The lowest BCUT2D eigenvalue weighted by Crippen LogP contribution is -2.06. The highest BCUT2D eigenvalue weighted by Gasteiger charge is 2.32.